The second kappa shape index (κ2) is 9.01. The van der Waals surface area contributed by atoms with Gasteiger partial charge in [0.2, 0.25) is 5.78 Å². The van der Waals surface area contributed by atoms with Crippen LogP contribution >= 0.6 is 0 Å². The molecule has 1 N–H and O–H groups in total. The first-order chi connectivity index (χ1) is 16.1. The zero-order chi connectivity index (χ0) is 22.8. The molecule has 0 bridgehead atoms. The molecule has 168 valence electrons. The number of fused-ring (bicyclic) bond motifs is 1. The van der Waals surface area contributed by atoms with Gasteiger partial charge in [0.05, 0.1) is 25.2 Å². The van der Waals surface area contributed by atoms with Gasteiger partial charge < -0.3 is 18.9 Å². The lowest BCUT2D eigenvalue weighted by molar-refractivity contribution is 0.0343. The van der Waals surface area contributed by atoms with E-state index in [4.69, 9.17) is 13.6 Å². The number of aryl methyl sites for hydroxylation is 1. The quantitative estimate of drug-likeness (QED) is 0.447. The lowest BCUT2D eigenvalue weighted by Gasteiger charge is -2.26. The number of pyridine rings is 1. The Kier molecular flexibility index (Phi) is 5.77. The summed E-state index contributed by atoms with van der Waals surface area (Å²) >= 11 is 0. The van der Waals surface area contributed by atoms with Gasteiger partial charge >= 0.3 is 0 Å². The van der Waals surface area contributed by atoms with Crippen molar-refractivity contribution in [1.29, 1.82) is 0 Å². The fourth-order valence-corrected chi connectivity index (χ4v) is 3.92. The number of furan rings is 2. The third-order valence-corrected chi connectivity index (χ3v) is 5.67. The Morgan fingerprint density at radius 1 is 1.09 bits per heavy atom. The molecule has 3 aromatic heterocycles. The summed E-state index contributed by atoms with van der Waals surface area (Å²) in [6.45, 7) is 5.72. The summed E-state index contributed by atoms with van der Waals surface area (Å²) in [7, 11) is 0. The summed E-state index contributed by atoms with van der Waals surface area (Å²) < 4.78 is 16.5. The Hall–Kier alpha value is -3.75. The molecule has 0 aliphatic carbocycles. The zero-order valence-electron chi connectivity index (χ0n) is 18.2. The van der Waals surface area contributed by atoms with Crippen molar-refractivity contribution < 1.29 is 23.2 Å². The molecule has 1 amide bonds. The van der Waals surface area contributed by atoms with E-state index in [9.17, 15) is 9.59 Å². The van der Waals surface area contributed by atoms with Crippen molar-refractivity contribution in [3.63, 3.8) is 0 Å². The molecule has 4 heterocycles. The number of ether oxygens (including phenoxy) is 1. The van der Waals surface area contributed by atoms with Crippen LogP contribution in [0.15, 0.2) is 63.8 Å². The first kappa shape index (κ1) is 21.1. The number of nitrogens with one attached hydrogen (secondary N) is 1. The van der Waals surface area contributed by atoms with Crippen LogP contribution in [-0.4, -0.2) is 47.9 Å². The van der Waals surface area contributed by atoms with Crippen molar-refractivity contribution in [2.45, 2.75) is 13.5 Å². The average Bonchev–Trinajstić information content (AvgIpc) is 3.53. The van der Waals surface area contributed by atoms with Crippen LogP contribution < -0.4 is 5.32 Å². The number of ketones is 1. The number of hydrogen-bond donors (Lipinski definition) is 1. The number of aromatic nitrogens is 1. The van der Waals surface area contributed by atoms with Crippen molar-refractivity contribution in [3.8, 4) is 0 Å². The van der Waals surface area contributed by atoms with E-state index in [0.717, 1.165) is 29.7 Å². The normalized spacial score (nSPS) is 14.5. The largest absolute Gasteiger partial charge is 0.459 e. The third kappa shape index (κ3) is 4.44. The first-order valence-corrected chi connectivity index (χ1v) is 10.8. The highest BCUT2D eigenvalue weighted by Crippen LogP contribution is 2.28. The predicted molar refractivity (Wildman–Crippen MR) is 121 cm³/mol. The summed E-state index contributed by atoms with van der Waals surface area (Å²) in [5, 5.41) is 3.63. The average molecular weight is 445 g/mol. The van der Waals surface area contributed by atoms with Gasteiger partial charge in [0.15, 0.2) is 17.1 Å². The van der Waals surface area contributed by atoms with Crippen LogP contribution in [0.25, 0.3) is 11.0 Å². The highest BCUT2D eigenvalue weighted by molar-refractivity contribution is 6.10. The summed E-state index contributed by atoms with van der Waals surface area (Å²) in [6.07, 6.45) is 3.28. The van der Waals surface area contributed by atoms with Crippen LogP contribution in [0.2, 0.25) is 0 Å². The summed E-state index contributed by atoms with van der Waals surface area (Å²) in [6, 6.07) is 11.7. The van der Waals surface area contributed by atoms with Gasteiger partial charge in [0, 0.05) is 42.5 Å². The number of morpholine rings is 1. The number of carbonyl (C=O) groups is 2. The molecule has 1 saturated heterocycles. The number of benzene rings is 1. The third-order valence-electron chi connectivity index (χ3n) is 5.67. The number of nitrogens with zero attached hydrogens (tertiary/aromatic N) is 2. The molecule has 1 aromatic carbocycles. The minimum absolute atomic E-state index is 0.194. The van der Waals surface area contributed by atoms with Gasteiger partial charge in [-0.25, -0.2) is 0 Å². The predicted octanol–water partition coefficient (Wildman–Crippen LogP) is 4.04. The molecule has 0 radical (unpaired) electrons. The van der Waals surface area contributed by atoms with E-state index < -0.39 is 0 Å². The van der Waals surface area contributed by atoms with E-state index in [1.54, 1.807) is 42.5 Å². The topological polar surface area (TPSA) is 97.8 Å². The molecule has 0 saturated carbocycles. The van der Waals surface area contributed by atoms with E-state index in [1.807, 2.05) is 13.1 Å². The van der Waals surface area contributed by atoms with Crippen molar-refractivity contribution in [1.82, 2.24) is 9.88 Å². The van der Waals surface area contributed by atoms with Gasteiger partial charge in [-0.2, -0.15) is 0 Å². The molecule has 5 rings (SSSR count). The highest BCUT2D eigenvalue weighted by Gasteiger charge is 2.20. The Labute approximate surface area is 190 Å². The number of hydrogen-bond acceptors (Lipinski definition) is 7. The van der Waals surface area contributed by atoms with Gasteiger partial charge in [-0.3, -0.25) is 19.5 Å². The number of rotatable bonds is 6. The van der Waals surface area contributed by atoms with E-state index in [0.29, 0.717) is 36.6 Å². The van der Waals surface area contributed by atoms with E-state index in [-0.39, 0.29) is 23.2 Å². The van der Waals surface area contributed by atoms with Crippen molar-refractivity contribution >= 4 is 28.3 Å². The van der Waals surface area contributed by atoms with E-state index >= 15 is 0 Å². The van der Waals surface area contributed by atoms with Crippen LogP contribution in [0.3, 0.4) is 0 Å². The minimum atomic E-state index is -0.386. The molecule has 8 nitrogen and oxygen atoms in total. The minimum Gasteiger partial charge on any atom is -0.459 e. The highest BCUT2D eigenvalue weighted by atomic mass is 16.5. The summed E-state index contributed by atoms with van der Waals surface area (Å²) in [4.78, 5) is 32.2. The Morgan fingerprint density at radius 2 is 1.94 bits per heavy atom. The number of amides is 1. The second-order valence-corrected chi connectivity index (χ2v) is 7.95. The Balaban J connectivity index is 1.41. The summed E-state index contributed by atoms with van der Waals surface area (Å²) in [5.74, 6) is -0.224. The molecular weight excluding hydrogens is 422 g/mol. The molecule has 33 heavy (non-hydrogen) atoms. The molecule has 0 atom stereocenters. The lowest BCUT2D eigenvalue weighted by Crippen LogP contribution is -2.35. The molecule has 0 unspecified atom stereocenters. The Morgan fingerprint density at radius 3 is 2.73 bits per heavy atom. The SMILES string of the molecule is Cc1ncc(CN2CCOCC2)c2cc(C(=O)c3cccc(NC(=O)c4ccco4)c3)oc12. The van der Waals surface area contributed by atoms with E-state index in [1.165, 1.54) is 6.26 Å². The maximum absolute atomic E-state index is 13.2. The van der Waals surface area contributed by atoms with Gasteiger partial charge in [0.1, 0.15) is 0 Å². The number of anilines is 1. The smallest absolute Gasteiger partial charge is 0.291 e. The van der Waals surface area contributed by atoms with Crippen LogP contribution in [0, 0.1) is 6.92 Å². The first-order valence-electron chi connectivity index (χ1n) is 10.8. The summed E-state index contributed by atoms with van der Waals surface area (Å²) in [5.41, 5.74) is 3.26. The molecule has 1 aliphatic heterocycles. The maximum atomic E-state index is 13.2. The number of carbonyl (C=O) groups excluding carboxylic acids is 2. The van der Waals surface area contributed by atoms with Gasteiger partial charge in [0.25, 0.3) is 5.91 Å². The van der Waals surface area contributed by atoms with Gasteiger partial charge in [-0.15, -0.1) is 0 Å². The fraction of sp³-hybridized carbons (Fsp3) is 0.240. The van der Waals surface area contributed by atoms with Crippen molar-refractivity contribution in [2.24, 2.45) is 0 Å². The standard InChI is InChI=1S/C25H23N3O5/c1-16-24-20(18(14-26-16)15-28-7-10-31-11-8-28)13-22(33-24)23(29)17-4-2-5-19(12-17)27-25(30)21-6-3-9-32-21/h2-6,9,12-14H,7-8,10-11,15H2,1H3,(H,27,30). The van der Waals surface area contributed by atoms with Crippen LogP contribution in [0.5, 0.6) is 0 Å². The molecule has 4 aromatic rings. The van der Waals surface area contributed by atoms with Crippen LogP contribution in [0.1, 0.15) is 37.9 Å². The molecular formula is C25H23N3O5. The van der Waals surface area contributed by atoms with Crippen LogP contribution in [0.4, 0.5) is 5.69 Å². The monoisotopic (exact) mass is 445 g/mol. The lowest BCUT2D eigenvalue weighted by atomic mass is 10.1. The molecule has 1 fully saturated rings. The maximum Gasteiger partial charge on any atom is 0.291 e. The fourth-order valence-electron chi connectivity index (χ4n) is 3.92. The van der Waals surface area contributed by atoms with Crippen molar-refractivity contribution in [2.75, 3.05) is 31.6 Å². The molecule has 1 aliphatic rings. The zero-order valence-corrected chi connectivity index (χ0v) is 18.2. The van der Waals surface area contributed by atoms with Crippen LogP contribution in [-0.2, 0) is 11.3 Å². The van der Waals surface area contributed by atoms with Gasteiger partial charge in [-0.05, 0) is 42.8 Å². The molecule has 8 heteroatoms. The van der Waals surface area contributed by atoms with E-state index in [2.05, 4.69) is 15.2 Å². The Bertz CT molecular complexity index is 1300. The van der Waals surface area contributed by atoms with Crippen molar-refractivity contribution in [3.05, 3.63) is 83.3 Å². The molecule has 0 spiro atoms. The second-order valence-electron chi connectivity index (χ2n) is 7.95. The van der Waals surface area contributed by atoms with Gasteiger partial charge in [-0.1, -0.05) is 12.1 Å².